The minimum absolute atomic E-state index is 0.0658. The summed E-state index contributed by atoms with van der Waals surface area (Å²) >= 11 is 0. The van der Waals surface area contributed by atoms with E-state index in [1.165, 1.54) is 128 Å². The lowest BCUT2D eigenvalue weighted by atomic mass is 10.0. The minimum Gasteiger partial charge on any atom is -0.462 e. The van der Waals surface area contributed by atoms with Gasteiger partial charge in [0, 0.05) is 19.3 Å². The Morgan fingerprint density at radius 1 is 0.380 bits per heavy atom. The zero-order chi connectivity index (χ0) is 36.8. The molecular weight excluding hydrogens is 624 g/mol. The summed E-state index contributed by atoms with van der Waals surface area (Å²) < 4.78 is 16.6. The van der Waals surface area contributed by atoms with Crippen LogP contribution in [-0.4, -0.2) is 37.2 Å². The first-order valence-electron chi connectivity index (χ1n) is 21.9. The average molecular weight is 709 g/mol. The van der Waals surface area contributed by atoms with Crippen LogP contribution < -0.4 is 0 Å². The average Bonchev–Trinajstić information content (AvgIpc) is 3.09. The van der Waals surface area contributed by atoms with Crippen LogP contribution in [0.15, 0.2) is 0 Å². The Morgan fingerprint density at radius 2 is 0.660 bits per heavy atom. The highest BCUT2D eigenvalue weighted by Gasteiger charge is 2.19. The van der Waals surface area contributed by atoms with E-state index < -0.39 is 6.10 Å². The van der Waals surface area contributed by atoms with Gasteiger partial charge < -0.3 is 14.2 Å². The van der Waals surface area contributed by atoms with Crippen molar-refractivity contribution in [3.63, 3.8) is 0 Å². The Morgan fingerprint density at radius 3 is 0.980 bits per heavy atom. The number of hydrogen-bond donors (Lipinski definition) is 0. The summed E-state index contributed by atoms with van der Waals surface area (Å²) in [6.45, 7) is 8.87. The molecule has 0 heterocycles. The normalized spacial score (nSPS) is 11.9. The number of carbonyl (C=O) groups is 3. The first kappa shape index (κ1) is 48.4. The summed E-state index contributed by atoms with van der Waals surface area (Å²) in [6.07, 6.45) is 36.9. The third-order valence-corrected chi connectivity index (χ3v) is 9.79. The number of ether oxygens (including phenoxy) is 3. The fourth-order valence-electron chi connectivity index (χ4n) is 6.45. The van der Waals surface area contributed by atoms with Crippen molar-refractivity contribution < 1.29 is 28.6 Å². The fraction of sp³-hybridized carbons (Fsp3) is 0.932. The molecule has 0 aromatic rings. The van der Waals surface area contributed by atoms with Crippen LogP contribution in [0.4, 0.5) is 0 Å². The Hall–Kier alpha value is -1.59. The zero-order valence-electron chi connectivity index (χ0n) is 33.9. The van der Waals surface area contributed by atoms with Crippen molar-refractivity contribution in [2.24, 2.45) is 5.92 Å². The van der Waals surface area contributed by atoms with E-state index in [4.69, 9.17) is 14.2 Å². The van der Waals surface area contributed by atoms with Crippen LogP contribution in [-0.2, 0) is 28.6 Å². The van der Waals surface area contributed by atoms with Crippen LogP contribution >= 0.6 is 0 Å². The molecule has 50 heavy (non-hydrogen) atoms. The molecule has 0 bridgehead atoms. The molecule has 0 aliphatic carbocycles. The molecule has 296 valence electrons. The molecule has 6 nitrogen and oxygen atoms in total. The quantitative estimate of drug-likeness (QED) is 0.0359. The van der Waals surface area contributed by atoms with Crippen LogP contribution in [0.25, 0.3) is 0 Å². The van der Waals surface area contributed by atoms with Crippen molar-refractivity contribution in [3.05, 3.63) is 0 Å². The van der Waals surface area contributed by atoms with Crippen LogP contribution in [0.5, 0.6) is 0 Å². The summed E-state index contributed by atoms with van der Waals surface area (Å²) in [4.78, 5) is 37.4. The van der Waals surface area contributed by atoms with E-state index in [0.29, 0.717) is 19.3 Å². The van der Waals surface area contributed by atoms with Gasteiger partial charge in [0.15, 0.2) is 6.10 Å². The Balaban J connectivity index is 4.13. The molecule has 0 N–H and O–H groups in total. The molecule has 0 aromatic heterocycles. The van der Waals surface area contributed by atoms with Crippen LogP contribution in [0.2, 0.25) is 0 Å². The number of hydrogen-bond acceptors (Lipinski definition) is 6. The second-order valence-electron chi connectivity index (χ2n) is 15.5. The summed E-state index contributed by atoms with van der Waals surface area (Å²) in [5.41, 5.74) is 0. The predicted octanol–water partition coefficient (Wildman–Crippen LogP) is 13.6. The molecule has 0 saturated carbocycles. The molecule has 0 aliphatic heterocycles. The standard InChI is InChI=1S/C44H84O6/c1-5-7-9-11-12-13-14-15-16-17-18-19-20-24-28-31-35-42(45)48-38-41(50-44(47)37-33-26-10-8-6-2)39-49-43(46)36-32-29-25-22-21-23-27-30-34-40(3)4/h40-41H,5-39H2,1-4H3/t41-/m0/s1. The van der Waals surface area contributed by atoms with Gasteiger partial charge in [0.25, 0.3) is 0 Å². The Bertz CT molecular complexity index is 751. The van der Waals surface area contributed by atoms with E-state index in [2.05, 4.69) is 27.7 Å². The number of carbonyl (C=O) groups excluding carboxylic acids is 3. The fourth-order valence-corrected chi connectivity index (χ4v) is 6.45. The van der Waals surface area contributed by atoms with Gasteiger partial charge in [-0.25, -0.2) is 0 Å². The maximum Gasteiger partial charge on any atom is 0.306 e. The predicted molar refractivity (Wildman–Crippen MR) is 210 cm³/mol. The number of esters is 3. The minimum atomic E-state index is -0.757. The highest BCUT2D eigenvalue weighted by Crippen LogP contribution is 2.16. The zero-order valence-corrected chi connectivity index (χ0v) is 33.9. The lowest BCUT2D eigenvalue weighted by Gasteiger charge is -2.18. The monoisotopic (exact) mass is 709 g/mol. The molecule has 6 heteroatoms. The summed E-state index contributed by atoms with van der Waals surface area (Å²) in [7, 11) is 0. The van der Waals surface area contributed by atoms with E-state index in [-0.39, 0.29) is 31.1 Å². The van der Waals surface area contributed by atoms with E-state index in [0.717, 1.165) is 70.1 Å². The van der Waals surface area contributed by atoms with E-state index >= 15 is 0 Å². The Kier molecular flexibility index (Phi) is 37.4. The topological polar surface area (TPSA) is 78.9 Å². The van der Waals surface area contributed by atoms with Gasteiger partial charge in [-0.3, -0.25) is 14.4 Å². The molecule has 0 rings (SSSR count). The lowest BCUT2D eigenvalue weighted by molar-refractivity contribution is -0.167. The van der Waals surface area contributed by atoms with Gasteiger partial charge >= 0.3 is 17.9 Å². The second kappa shape index (κ2) is 38.6. The molecule has 0 aliphatic rings. The van der Waals surface area contributed by atoms with Crippen molar-refractivity contribution in [2.45, 2.75) is 246 Å². The maximum absolute atomic E-state index is 12.5. The van der Waals surface area contributed by atoms with Crippen LogP contribution in [0.1, 0.15) is 240 Å². The van der Waals surface area contributed by atoms with Crippen molar-refractivity contribution >= 4 is 17.9 Å². The van der Waals surface area contributed by atoms with Crippen LogP contribution in [0, 0.1) is 5.92 Å². The Labute approximate surface area is 310 Å². The smallest absolute Gasteiger partial charge is 0.306 e. The third-order valence-electron chi connectivity index (χ3n) is 9.79. The molecule has 0 amide bonds. The van der Waals surface area contributed by atoms with Crippen molar-refractivity contribution in [1.29, 1.82) is 0 Å². The number of rotatable bonds is 39. The molecule has 0 unspecified atom stereocenters. The van der Waals surface area contributed by atoms with Gasteiger partial charge in [-0.15, -0.1) is 0 Å². The van der Waals surface area contributed by atoms with Crippen LogP contribution in [0.3, 0.4) is 0 Å². The lowest BCUT2D eigenvalue weighted by Crippen LogP contribution is -2.30. The molecular formula is C44H84O6. The van der Waals surface area contributed by atoms with Gasteiger partial charge in [-0.05, 0) is 25.2 Å². The highest BCUT2D eigenvalue weighted by molar-refractivity contribution is 5.71. The molecule has 0 saturated heterocycles. The summed E-state index contributed by atoms with van der Waals surface area (Å²) in [5.74, 6) is -0.0764. The molecule has 0 aromatic carbocycles. The third kappa shape index (κ3) is 37.7. The van der Waals surface area contributed by atoms with Gasteiger partial charge in [-0.2, -0.15) is 0 Å². The highest BCUT2D eigenvalue weighted by atomic mass is 16.6. The van der Waals surface area contributed by atoms with Crippen molar-refractivity contribution in [1.82, 2.24) is 0 Å². The van der Waals surface area contributed by atoms with Gasteiger partial charge in [0.05, 0.1) is 0 Å². The van der Waals surface area contributed by atoms with E-state index in [1.807, 2.05) is 0 Å². The van der Waals surface area contributed by atoms with E-state index in [1.54, 1.807) is 0 Å². The van der Waals surface area contributed by atoms with Gasteiger partial charge in [0.1, 0.15) is 13.2 Å². The molecule has 1 atom stereocenters. The largest absolute Gasteiger partial charge is 0.462 e. The maximum atomic E-state index is 12.5. The van der Waals surface area contributed by atoms with Gasteiger partial charge in [-0.1, -0.05) is 201 Å². The molecule has 0 radical (unpaired) electrons. The molecule has 0 fully saturated rings. The first-order chi connectivity index (χ1) is 24.4. The van der Waals surface area contributed by atoms with E-state index in [9.17, 15) is 14.4 Å². The summed E-state index contributed by atoms with van der Waals surface area (Å²) in [5, 5.41) is 0. The molecule has 0 spiro atoms. The van der Waals surface area contributed by atoms with Gasteiger partial charge in [0.2, 0.25) is 0 Å². The number of unbranched alkanes of at least 4 members (excludes halogenated alkanes) is 26. The van der Waals surface area contributed by atoms with Crippen molar-refractivity contribution in [2.75, 3.05) is 13.2 Å². The SMILES string of the molecule is CCCCCCCCCCCCCCCCCCC(=O)OC[C@@H](COC(=O)CCCCCCCCCCC(C)C)OC(=O)CCCCCCC. The summed E-state index contributed by atoms with van der Waals surface area (Å²) in [6, 6.07) is 0. The first-order valence-corrected chi connectivity index (χ1v) is 21.9. The second-order valence-corrected chi connectivity index (χ2v) is 15.5. The van der Waals surface area contributed by atoms with Crippen molar-refractivity contribution in [3.8, 4) is 0 Å².